The topological polar surface area (TPSA) is 103 Å². The number of ether oxygens (including phenoxy) is 2. The quantitative estimate of drug-likeness (QED) is 0.272. The third-order valence-electron chi connectivity index (χ3n) is 3.58. The van der Waals surface area contributed by atoms with Crippen molar-refractivity contribution in [2.75, 3.05) is 6.61 Å². The fourth-order valence-electron chi connectivity index (χ4n) is 2.42. The Kier molecular flexibility index (Phi) is 6.13. The summed E-state index contributed by atoms with van der Waals surface area (Å²) in [6.07, 6.45) is 1.39. The van der Waals surface area contributed by atoms with Gasteiger partial charge in [-0.1, -0.05) is 29.8 Å². The Bertz CT molecular complexity index is 1060. The van der Waals surface area contributed by atoms with Crippen LogP contribution in [-0.2, 0) is 0 Å². The van der Waals surface area contributed by atoms with Gasteiger partial charge < -0.3 is 15.2 Å². The van der Waals surface area contributed by atoms with E-state index in [0.29, 0.717) is 27.8 Å². The predicted octanol–water partition coefficient (Wildman–Crippen LogP) is 4.17. The highest BCUT2D eigenvalue weighted by molar-refractivity contribution is 7.21. The van der Waals surface area contributed by atoms with Gasteiger partial charge in [0.25, 0.3) is 0 Å². The van der Waals surface area contributed by atoms with Crippen molar-refractivity contribution in [3.63, 3.8) is 0 Å². The number of esters is 1. The van der Waals surface area contributed by atoms with E-state index in [-0.39, 0.29) is 5.75 Å². The molecule has 9 heteroatoms. The molecule has 0 atom stereocenters. The fraction of sp³-hybridized carbons (Fsp3) is 0.105. The van der Waals surface area contributed by atoms with Gasteiger partial charge in [0.15, 0.2) is 11.5 Å². The standard InChI is InChI=1S/C19H16ClN3O4S/c1-2-26-14-9-11(10-22-23-19(21)25)7-8-13(14)27-18(24)17-16(20)12-5-3-4-6-15(12)28-17/h3-10H,2H2,1H3,(H3,21,23,25)/b22-10-. The van der Waals surface area contributed by atoms with Crippen LogP contribution in [0.1, 0.15) is 22.2 Å². The number of carbonyl (C=O) groups excluding carboxylic acids is 2. The number of urea groups is 1. The molecule has 28 heavy (non-hydrogen) atoms. The first kappa shape index (κ1) is 19.7. The number of amides is 2. The molecule has 3 aromatic rings. The van der Waals surface area contributed by atoms with Crippen LogP contribution in [0, 0.1) is 0 Å². The second kappa shape index (κ2) is 8.73. The second-order valence-corrected chi connectivity index (χ2v) is 6.93. The molecule has 1 heterocycles. The Balaban J connectivity index is 1.85. The van der Waals surface area contributed by atoms with Gasteiger partial charge in [-0.25, -0.2) is 15.0 Å². The first-order chi connectivity index (χ1) is 13.5. The maximum Gasteiger partial charge on any atom is 0.355 e. The zero-order chi connectivity index (χ0) is 20.1. The average Bonchev–Trinajstić information content (AvgIpc) is 3.01. The van der Waals surface area contributed by atoms with Crippen molar-refractivity contribution >= 4 is 51.2 Å². The number of nitrogens with one attached hydrogen (secondary N) is 1. The SMILES string of the molecule is CCOc1cc(/C=N\NC(N)=O)ccc1OC(=O)c1sc2ccccc2c1Cl. The van der Waals surface area contributed by atoms with E-state index in [1.54, 1.807) is 18.2 Å². The lowest BCUT2D eigenvalue weighted by molar-refractivity contribution is 0.0733. The number of hydrazone groups is 1. The summed E-state index contributed by atoms with van der Waals surface area (Å²) in [5.74, 6) is 0.0421. The van der Waals surface area contributed by atoms with Gasteiger partial charge in [-0.2, -0.15) is 5.10 Å². The normalized spacial score (nSPS) is 10.9. The third-order valence-corrected chi connectivity index (χ3v) is 5.23. The van der Waals surface area contributed by atoms with E-state index in [1.165, 1.54) is 17.6 Å². The van der Waals surface area contributed by atoms with Gasteiger partial charge in [0.05, 0.1) is 17.8 Å². The highest BCUT2D eigenvalue weighted by atomic mass is 35.5. The van der Waals surface area contributed by atoms with Crippen molar-refractivity contribution in [1.82, 2.24) is 5.43 Å². The molecule has 2 aromatic carbocycles. The van der Waals surface area contributed by atoms with Crippen LogP contribution in [0.2, 0.25) is 5.02 Å². The number of primary amides is 1. The van der Waals surface area contributed by atoms with E-state index in [9.17, 15) is 9.59 Å². The summed E-state index contributed by atoms with van der Waals surface area (Å²) in [5, 5.41) is 4.86. The molecule has 0 fully saturated rings. The molecule has 7 nitrogen and oxygen atoms in total. The van der Waals surface area contributed by atoms with Crippen molar-refractivity contribution in [3.8, 4) is 11.5 Å². The summed E-state index contributed by atoms with van der Waals surface area (Å²) in [7, 11) is 0. The van der Waals surface area contributed by atoms with Crippen molar-refractivity contribution in [1.29, 1.82) is 0 Å². The van der Waals surface area contributed by atoms with E-state index in [0.717, 1.165) is 10.1 Å². The zero-order valence-electron chi connectivity index (χ0n) is 14.8. The van der Waals surface area contributed by atoms with Crippen molar-refractivity contribution in [3.05, 3.63) is 57.9 Å². The highest BCUT2D eigenvalue weighted by Crippen LogP contribution is 2.37. The second-order valence-electron chi connectivity index (χ2n) is 5.50. The Morgan fingerprint density at radius 2 is 2.04 bits per heavy atom. The first-order valence-electron chi connectivity index (χ1n) is 8.24. The molecule has 144 valence electrons. The number of carbonyl (C=O) groups is 2. The lowest BCUT2D eigenvalue weighted by Gasteiger charge is -2.11. The number of rotatable bonds is 6. The summed E-state index contributed by atoms with van der Waals surface area (Å²) in [4.78, 5) is 23.6. The van der Waals surface area contributed by atoms with Gasteiger partial charge in [-0.05, 0) is 36.8 Å². The van der Waals surface area contributed by atoms with E-state index < -0.39 is 12.0 Å². The molecule has 0 unspecified atom stereocenters. The van der Waals surface area contributed by atoms with Crippen molar-refractivity contribution in [2.45, 2.75) is 6.92 Å². The number of fused-ring (bicyclic) bond motifs is 1. The Morgan fingerprint density at radius 3 is 2.75 bits per heavy atom. The lowest BCUT2D eigenvalue weighted by atomic mass is 10.2. The average molecular weight is 418 g/mol. The first-order valence-corrected chi connectivity index (χ1v) is 9.43. The van der Waals surface area contributed by atoms with Crippen LogP contribution in [-0.4, -0.2) is 24.8 Å². The number of nitrogens with two attached hydrogens (primary N) is 1. The summed E-state index contributed by atoms with van der Waals surface area (Å²) >= 11 is 7.61. The number of hydrogen-bond acceptors (Lipinski definition) is 6. The molecule has 0 saturated heterocycles. The monoisotopic (exact) mass is 417 g/mol. The van der Waals surface area contributed by atoms with Crippen LogP contribution in [0.3, 0.4) is 0 Å². The van der Waals surface area contributed by atoms with Crippen LogP contribution in [0.25, 0.3) is 10.1 Å². The number of halogens is 1. The van der Waals surface area contributed by atoms with Gasteiger partial charge in [-0.15, -0.1) is 11.3 Å². The molecule has 3 N–H and O–H groups in total. The largest absolute Gasteiger partial charge is 0.490 e. The van der Waals surface area contributed by atoms with Gasteiger partial charge in [-0.3, -0.25) is 0 Å². The zero-order valence-corrected chi connectivity index (χ0v) is 16.3. The number of benzene rings is 2. The summed E-state index contributed by atoms with van der Waals surface area (Å²) in [5.41, 5.74) is 7.68. The summed E-state index contributed by atoms with van der Waals surface area (Å²) in [6, 6.07) is 11.6. The van der Waals surface area contributed by atoms with Crippen LogP contribution in [0.15, 0.2) is 47.6 Å². The van der Waals surface area contributed by atoms with Crippen LogP contribution in [0.4, 0.5) is 4.79 Å². The molecule has 0 spiro atoms. The number of nitrogens with zero attached hydrogens (tertiary/aromatic N) is 1. The predicted molar refractivity (Wildman–Crippen MR) is 110 cm³/mol. The van der Waals surface area contributed by atoms with E-state index >= 15 is 0 Å². The Hall–Kier alpha value is -3.10. The maximum atomic E-state index is 12.7. The van der Waals surface area contributed by atoms with Gasteiger partial charge in [0, 0.05) is 10.1 Å². The van der Waals surface area contributed by atoms with Gasteiger partial charge in [0.2, 0.25) is 0 Å². The van der Waals surface area contributed by atoms with E-state index in [1.807, 2.05) is 31.2 Å². The maximum absolute atomic E-state index is 12.7. The van der Waals surface area contributed by atoms with Crippen molar-refractivity contribution in [2.24, 2.45) is 10.8 Å². The lowest BCUT2D eigenvalue weighted by Crippen LogP contribution is -2.24. The molecule has 2 amide bonds. The molecule has 0 aliphatic carbocycles. The minimum atomic E-state index is -0.771. The van der Waals surface area contributed by atoms with Crippen molar-refractivity contribution < 1.29 is 19.1 Å². The summed E-state index contributed by atoms with van der Waals surface area (Å²) < 4.78 is 12.0. The molecule has 0 radical (unpaired) electrons. The molecule has 0 saturated carbocycles. The minimum absolute atomic E-state index is 0.250. The smallest absolute Gasteiger partial charge is 0.355 e. The minimum Gasteiger partial charge on any atom is -0.490 e. The molecule has 1 aromatic heterocycles. The van der Waals surface area contributed by atoms with Crippen LogP contribution in [0.5, 0.6) is 11.5 Å². The molecular formula is C19H16ClN3O4S. The van der Waals surface area contributed by atoms with Crippen LogP contribution >= 0.6 is 22.9 Å². The number of thiophene rings is 1. The molecule has 0 bridgehead atoms. The third kappa shape index (κ3) is 4.41. The highest BCUT2D eigenvalue weighted by Gasteiger charge is 2.20. The number of hydrogen-bond donors (Lipinski definition) is 2. The Labute approximate surface area is 169 Å². The van der Waals surface area contributed by atoms with Crippen LogP contribution < -0.4 is 20.6 Å². The van der Waals surface area contributed by atoms with Gasteiger partial charge >= 0.3 is 12.0 Å². The molecular weight excluding hydrogens is 402 g/mol. The van der Waals surface area contributed by atoms with E-state index in [4.69, 9.17) is 26.8 Å². The molecule has 0 aliphatic heterocycles. The molecule has 3 rings (SSSR count). The van der Waals surface area contributed by atoms with E-state index in [2.05, 4.69) is 10.5 Å². The Morgan fingerprint density at radius 1 is 1.25 bits per heavy atom. The summed E-state index contributed by atoms with van der Waals surface area (Å²) in [6.45, 7) is 2.18. The molecule has 0 aliphatic rings. The van der Waals surface area contributed by atoms with Gasteiger partial charge in [0.1, 0.15) is 4.88 Å². The fourth-order valence-corrected chi connectivity index (χ4v) is 3.80.